The van der Waals surface area contributed by atoms with Crippen molar-refractivity contribution >= 4 is 6.03 Å². The van der Waals surface area contributed by atoms with Crippen LogP contribution < -0.4 is 10.6 Å². The zero-order chi connectivity index (χ0) is 12.8. The zero-order valence-electron chi connectivity index (χ0n) is 10.6. The minimum atomic E-state index is -0.257. The summed E-state index contributed by atoms with van der Waals surface area (Å²) in [5.41, 5.74) is 3.53. The van der Waals surface area contributed by atoms with Crippen molar-refractivity contribution in [2.45, 2.75) is 26.8 Å². The van der Waals surface area contributed by atoms with Crippen molar-refractivity contribution in [2.24, 2.45) is 0 Å². The maximum Gasteiger partial charge on any atom is 0.315 e. The predicted molar refractivity (Wildman–Crippen MR) is 68.0 cm³/mol. The second-order valence-electron chi connectivity index (χ2n) is 4.13. The van der Waals surface area contributed by atoms with E-state index < -0.39 is 0 Å². The predicted octanol–water partition coefficient (Wildman–Crippen LogP) is 1.66. The van der Waals surface area contributed by atoms with E-state index >= 15 is 0 Å². The lowest BCUT2D eigenvalue weighted by Crippen LogP contribution is -2.38. The van der Waals surface area contributed by atoms with E-state index in [2.05, 4.69) is 30.5 Å². The van der Waals surface area contributed by atoms with E-state index in [1.807, 2.05) is 19.1 Å². The molecular weight excluding hydrogens is 216 g/mol. The number of benzene rings is 1. The molecule has 17 heavy (non-hydrogen) atoms. The van der Waals surface area contributed by atoms with Gasteiger partial charge in [-0.05, 0) is 37.5 Å². The van der Waals surface area contributed by atoms with E-state index in [9.17, 15) is 4.79 Å². The highest BCUT2D eigenvalue weighted by Gasteiger charge is 2.11. The standard InChI is InChI=1S/C13H20N2O2/c1-9-5-4-6-12(10(9)2)11(3)15-13(17)14-7-8-16/h4-6,11,16H,7-8H2,1-3H3,(H2,14,15,17). The Kier molecular flexibility index (Phi) is 4.97. The van der Waals surface area contributed by atoms with Gasteiger partial charge in [-0.2, -0.15) is 0 Å². The number of carbonyl (C=O) groups excluding carboxylic acids is 1. The van der Waals surface area contributed by atoms with Crippen LogP contribution in [-0.4, -0.2) is 24.3 Å². The van der Waals surface area contributed by atoms with Gasteiger partial charge in [0.1, 0.15) is 0 Å². The first kappa shape index (κ1) is 13.5. The number of aliphatic hydroxyl groups is 1. The molecule has 94 valence electrons. The van der Waals surface area contributed by atoms with Gasteiger partial charge in [-0.1, -0.05) is 18.2 Å². The average Bonchev–Trinajstić information content (AvgIpc) is 2.29. The third-order valence-electron chi connectivity index (χ3n) is 2.86. The minimum absolute atomic E-state index is 0.0476. The van der Waals surface area contributed by atoms with E-state index in [0.717, 1.165) is 5.56 Å². The van der Waals surface area contributed by atoms with Crippen LogP contribution in [0, 0.1) is 13.8 Å². The van der Waals surface area contributed by atoms with Gasteiger partial charge in [0.15, 0.2) is 0 Å². The summed E-state index contributed by atoms with van der Waals surface area (Å²) in [7, 11) is 0. The van der Waals surface area contributed by atoms with Crippen molar-refractivity contribution < 1.29 is 9.90 Å². The van der Waals surface area contributed by atoms with Crippen LogP contribution in [0.15, 0.2) is 18.2 Å². The Morgan fingerprint density at radius 3 is 2.76 bits per heavy atom. The van der Waals surface area contributed by atoms with Crippen molar-refractivity contribution in [3.63, 3.8) is 0 Å². The highest BCUT2D eigenvalue weighted by Crippen LogP contribution is 2.19. The van der Waals surface area contributed by atoms with Crippen molar-refractivity contribution in [1.82, 2.24) is 10.6 Å². The third kappa shape index (κ3) is 3.75. The van der Waals surface area contributed by atoms with Gasteiger partial charge in [-0.3, -0.25) is 0 Å². The summed E-state index contributed by atoms with van der Waals surface area (Å²) in [5.74, 6) is 0. The fourth-order valence-electron chi connectivity index (χ4n) is 1.74. The molecule has 0 heterocycles. The molecule has 0 bridgehead atoms. The number of urea groups is 1. The van der Waals surface area contributed by atoms with E-state index in [4.69, 9.17) is 5.11 Å². The van der Waals surface area contributed by atoms with Crippen molar-refractivity contribution in [2.75, 3.05) is 13.2 Å². The number of aliphatic hydroxyl groups excluding tert-OH is 1. The summed E-state index contributed by atoms with van der Waals surface area (Å²) in [5, 5.41) is 14.0. The number of hydrogen-bond donors (Lipinski definition) is 3. The highest BCUT2D eigenvalue weighted by molar-refractivity contribution is 5.74. The first-order chi connectivity index (χ1) is 8.06. The normalized spacial score (nSPS) is 12.0. The molecule has 4 heteroatoms. The van der Waals surface area contributed by atoms with Crippen LogP contribution >= 0.6 is 0 Å². The lowest BCUT2D eigenvalue weighted by Gasteiger charge is -2.18. The first-order valence-corrected chi connectivity index (χ1v) is 5.77. The molecule has 1 aromatic rings. The Bertz CT molecular complexity index is 391. The van der Waals surface area contributed by atoms with Gasteiger partial charge in [-0.15, -0.1) is 0 Å². The lowest BCUT2D eigenvalue weighted by atomic mass is 9.98. The van der Waals surface area contributed by atoms with E-state index in [0.29, 0.717) is 0 Å². The first-order valence-electron chi connectivity index (χ1n) is 5.77. The Balaban J connectivity index is 2.66. The molecule has 1 rings (SSSR count). The molecule has 0 radical (unpaired) electrons. The van der Waals surface area contributed by atoms with Gasteiger partial charge in [0.05, 0.1) is 12.6 Å². The quantitative estimate of drug-likeness (QED) is 0.744. The molecule has 0 spiro atoms. The molecule has 1 unspecified atom stereocenters. The maximum atomic E-state index is 11.4. The molecule has 4 nitrogen and oxygen atoms in total. The second kappa shape index (κ2) is 6.25. The SMILES string of the molecule is Cc1cccc(C(C)NC(=O)NCCO)c1C. The van der Waals surface area contributed by atoms with Crippen LogP contribution in [0.2, 0.25) is 0 Å². The molecular formula is C13H20N2O2. The average molecular weight is 236 g/mol. The fourth-order valence-corrected chi connectivity index (χ4v) is 1.74. The molecule has 2 amide bonds. The molecule has 0 saturated heterocycles. The second-order valence-corrected chi connectivity index (χ2v) is 4.13. The highest BCUT2D eigenvalue weighted by atomic mass is 16.3. The monoisotopic (exact) mass is 236 g/mol. The largest absolute Gasteiger partial charge is 0.395 e. The molecule has 0 aromatic heterocycles. The van der Waals surface area contributed by atoms with Gasteiger partial charge in [-0.25, -0.2) is 4.79 Å². The van der Waals surface area contributed by atoms with Crippen molar-refractivity contribution in [3.05, 3.63) is 34.9 Å². The summed E-state index contributed by atoms with van der Waals surface area (Å²) < 4.78 is 0. The Hall–Kier alpha value is -1.55. The summed E-state index contributed by atoms with van der Waals surface area (Å²) in [6.45, 7) is 6.27. The van der Waals surface area contributed by atoms with Gasteiger partial charge in [0, 0.05) is 6.54 Å². The minimum Gasteiger partial charge on any atom is -0.395 e. The third-order valence-corrected chi connectivity index (χ3v) is 2.86. The van der Waals surface area contributed by atoms with Crippen molar-refractivity contribution in [3.8, 4) is 0 Å². The summed E-state index contributed by atoms with van der Waals surface area (Å²) in [6, 6.07) is 5.75. The summed E-state index contributed by atoms with van der Waals surface area (Å²) in [6.07, 6.45) is 0. The van der Waals surface area contributed by atoms with Crippen LogP contribution in [0.3, 0.4) is 0 Å². The van der Waals surface area contributed by atoms with E-state index in [1.54, 1.807) is 0 Å². The topological polar surface area (TPSA) is 61.4 Å². The van der Waals surface area contributed by atoms with E-state index in [-0.39, 0.29) is 25.2 Å². The number of hydrogen-bond acceptors (Lipinski definition) is 2. The van der Waals surface area contributed by atoms with E-state index in [1.165, 1.54) is 11.1 Å². The van der Waals surface area contributed by atoms with Crippen LogP contribution in [0.4, 0.5) is 4.79 Å². The molecule has 0 aliphatic carbocycles. The van der Waals surface area contributed by atoms with Crippen LogP contribution in [-0.2, 0) is 0 Å². The van der Waals surface area contributed by atoms with Crippen LogP contribution in [0.1, 0.15) is 29.7 Å². The number of carbonyl (C=O) groups is 1. The van der Waals surface area contributed by atoms with Gasteiger partial charge in [0.25, 0.3) is 0 Å². The fraction of sp³-hybridized carbons (Fsp3) is 0.462. The van der Waals surface area contributed by atoms with Crippen LogP contribution in [0.25, 0.3) is 0 Å². The molecule has 3 N–H and O–H groups in total. The van der Waals surface area contributed by atoms with Crippen LogP contribution in [0.5, 0.6) is 0 Å². The Labute approximate surface area is 102 Å². The maximum absolute atomic E-state index is 11.4. The Morgan fingerprint density at radius 2 is 2.12 bits per heavy atom. The lowest BCUT2D eigenvalue weighted by molar-refractivity contribution is 0.231. The molecule has 0 saturated carbocycles. The summed E-state index contributed by atoms with van der Waals surface area (Å²) in [4.78, 5) is 11.4. The number of rotatable bonds is 4. The molecule has 0 fully saturated rings. The Morgan fingerprint density at radius 1 is 1.41 bits per heavy atom. The molecule has 1 atom stereocenters. The molecule has 0 aliphatic heterocycles. The summed E-state index contributed by atoms with van der Waals surface area (Å²) >= 11 is 0. The zero-order valence-corrected chi connectivity index (χ0v) is 10.6. The van der Waals surface area contributed by atoms with Gasteiger partial charge in [0.2, 0.25) is 0 Å². The number of aryl methyl sites for hydroxylation is 1. The smallest absolute Gasteiger partial charge is 0.315 e. The number of nitrogens with one attached hydrogen (secondary N) is 2. The van der Waals surface area contributed by atoms with Gasteiger partial charge < -0.3 is 15.7 Å². The molecule has 0 aliphatic rings. The van der Waals surface area contributed by atoms with Crippen molar-refractivity contribution in [1.29, 1.82) is 0 Å². The number of amides is 2. The van der Waals surface area contributed by atoms with Gasteiger partial charge >= 0.3 is 6.03 Å². The molecule has 1 aromatic carbocycles.